The molecule has 19 heavy (non-hydrogen) atoms. The van der Waals surface area contributed by atoms with Crippen LogP contribution < -0.4 is 0 Å². The van der Waals surface area contributed by atoms with Crippen LogP contribution in [0.15, 0.2) is 24.3 Å². The molecule has 0 fully saturated rings. The normalized spacial score (nSPS) is 18.2. The first-order valence-electron chi connectivity index (χ1n) is 5.70. The smallest absolute Gasteiger partial charge is 0.224 e. The van der Waals surface area contributed by atoms with Gasteiger partial charge in [0, 0.05) is 5.56 Å². The molecule has 1 atom stereocenters. The van der Waals surface area contributed by atoms with E-state index < -0.39 is 0 Å². The molecule has 1 aromatic heterocycles. The second-order valence-electron chi connectivity index (χ2n) is 4.27. The van der Waals surface area contributed by atoms with E-state index in [9.17, 15) is 4.39 Å². The van der Waals surface area contributed by atoms with Crippen LogP contribution in [0, 0.1) is 5.82 Å². The van der Waals surface area contributed by atoms with E-state index in [4.69, 9.17) is 27.9 Å². The molecule has 1 aliphatic heterocycles. The van der Waals surface area contributed by atoms with E-state index in [1.807, 2.05) is 0 Å². The number of hydrogen-bond donors (Lipinski definition) is 0. The summed E-state index contributed by atoms with van der Waals surface area (Å²) in [6.07, 6.45) is 0. The van der Waals surface area contributed by atoms with E-state index in [1.54, 1.807) is 12.1 Å². The van der Waals surface area contributed by atoms with Crippen molar-refractivity contribution in [2.75, 3.05) is 6.61 Å². The Labute approximate surface area is 119 Å². The molecule has 1 unspecified atom stereocenters. The SMILES string of the molecule is Fc1ccc(C2COCc3c(Cl)nc(Cl)nc32)cc1. The monoisotopic (exact) mass is 298 g/mol. The minimum Gasteiger partial charge on any atom is -0.376 e. The van der Waals surface area contributed by atoms with Gasteiger partial charge in [-0.2, -0.15) is 0 Å². The Morgan fingerprint density at radius 3 is 2.63 bits per heavy atom. The number of nitrogens with zero attached hydrogens (tertiary/aromatic N) is 2. The first-order chi connectivity index (χ1) is 9.15. The molecule has 0 spiro atoms. The molecule has 0 amide bonds. The van der Waals surface area contributed by atoms with Crippen LogP contribution in [0.5, 0.6) is 0 Å². The second-order valence-corrected chi connectivity index (χ2v) is 4.96. The van der Waals surface area contributed by atoms with Gasteiger partial charge in [0.1, 0.15) is 11.0 Å². The summed E-state index contributed by atoms with van der Waals surface area (Å²) in [5.41, 5.74) is 2.41. The van der Waals surface area contributed by atoms with E-state index in [0.717, 1.165) is 16.8 Å². The van der Waals surface area contributed by atoms with Crippen LogP contribution in [0.3, 0.4) is 0 Å². The van der Waals surface area contributed by atoms with Crippen molar-refractivity contribution in [3.05, 3.63) is 57.3 Å². The van der Waals surface area contributed by atoms with Gasteiger partial charge in [-0.05, 0) is 29.3 Å². The number of ether oxygens (including phenoxy) is 1. The van der Waals surface area contributed by atoms with Gasteiger partial charge in [-0.1, -0.05) is 23.7 Å². The van der Waals surface area contributed by atoms with Crippen molar-refractivity contribution in [1.82, 2.24) is 9.97 Å². The average Bonchev–Trinajstić information content (AvgIpc) is 2.39. The lowest BCUT2D eigenvalue weighted by Gasteiger charge is -2.25. The van der Waals surface area contributed by atoms with Gasteiger partial charge < -0.3 is 4.74 Å². The summed E-state index contributed by atoms with van der Waals surface area (Å²) in [5, 5.41) is 0.416. The van der Waals surface area contributed by atoms with E-state index in [0.29, 0.717) is 18.4 Å². The number of benzene rings is 1. The second kappa shape index (κ2) is 5.04. The molecule has 2 heterocycles. The number of aromatic nitrogens is 2. The van der Waals surface area contributed by atoms with E-state index in [-0.39, 0.29) is 17.0 Å². The topological polar surface area (TPSA) is 35.0 Å². The van der Waals surface area contributed by atoms with Gasteiger partial charge in [-0.15, -0.1) is 0 Å². The maximum absolute atomic E-state index is 13.0. The average molecular weight is 299 g/mol. The van der Waals surface area contributed by atoms with Crippen molar-refractivity contribution >= 4 is 23.2 Å². The highest BCUT2D eigenvalue weighted by Gasteiger charge is 2.27. The van der Waals surface area contributed by atoms with Crippen LogP contribution in [0.25, 0.3) is 0 Å². The highest BCUT2D eigenvalue weighted by Crippen LogP contribution is 2.34. The van der Waals surface area contributed by atoms with Gasteiger partial charge in [0.25, 0.3) is 0 Å². The molecule has 1 aliphatic rings. The fraction of sp³-hybridized carbons (Fsp3) is 0.231. The van der Waals surface area contributed by atoms with Crippen LogP contribution in [0.4, 0.5) is 4.39 Å². The maximum atomic E-state index is 13.0. The largest absolute Gasteiger partial charge is 0.376 e. The molecule has 0 N–H and O–H groups in total. The van der Waals surface area contributed by atoms with Crippen LogP contribution in [-0.4, -0.2) is 16.6 Å². The Morgan fingerprint density at radius 2 is 1.89 bits per heavy atom. The molecule has 6 heteroatoms. The predicted octanol–water partition coefficient (Wildman–Crippen LogP) is 3.58. The standard InChI is InChI=1S/C13H9Cl2FN2O/c14-12-10-6-19-5-9(11(10)17-13(15)18-12)7-1-3-8(16)4-2-7/h1-4,9H,5-6H2. The lowest BCUT2D eigenvalue weighted by Crippen LogP contribution is -2.20. The molecule has 0 radical (unpaired) electrons. The molecule has 0 bridgehead atoms. The Hall–Kier alpha value is -1.23. The highest BCUT2D eigenvalue weighted by molar-refractivity contribution is 6.32. The Morgan fingerprint density at radius 1 is 1.16 bits per heavy atom. The third kappa shape index (κ3) is 2.43. The lowest BCUT2D eigenvalue weighted by molar-refractivity contribution is 0.0973. The van der Waals surface area contributed by atoms with Crippen molar-refractivity contribution in [3.63, 3.8) is 0 Å². The van der Waals surface area contributed by atoms with Gasteiger partial charge in [-0.25, -0.2) is 14.4 Å². The first kappa shape index (κ1) is 12.8. The highest BCUT2D eigenvalue weighted by atomic mass is 35.5. The summed E-state index contributed by atoms with van der Waals surface area (Å²) in [6, 6.07) is 6.24. The maximum Gasteiger partial charge on any atom is 0.224 e. The third-order valence-electron chi connectivity index (χ3n) is 3.09. The molecule has 0 aliphatic carbocycles. The molecule has 98 valence electrons. The molecule has 1 aromatic carbocycles. The van der Waals surface area contributed by atoms with Crippen LogP contribution in [0.2, 0.25) is 10.4 Å². The molecular formula is C13H9Cl2FN2O. The van der Waals surface area contributed by atoms with Gasteiger partial charge in [0.05, 0.1) is 24.8 Å². The van der Waals surface area contributed by atoms with Gasteiger partial charge in [0.2, 0.25) is 5.28 Å². The minimum absolute atomic E-state index is 0.109. The van der Waals surface area contributed by atoms with Gasteiger partial charge in [-0.3, -0.25) is 0 Å². The fourth-order valence-corrected chi connectivity index (χ4v) is 2.62. The number of halogens is 3. The third-order valence-corrected chi connectivity index (χ3v) is 3.58. The number of hydrogen-bond acceptors (Lipinski definition) is 3. The minimum atomic E-state index is -0.278. The zero-order valence-electron chi connectivity index (χ0n) is 9.74. The van der Waals surface area contributed by atoms with Gasteiger partial charge >= 0.3 is 0 Å². The fourth-order valence-electron chi connectivity index (χ4n) is 2.17. The molecule has 0 saturated heterocycles. The van der Waals surface area contributed by atoms with E-state index in [1.165, 1.54) is 12.1 Å². The van der Waals surface area contributed by atoms with Crippen molar-refractivity contribution in [2.24, 2.45) is 0 Å². The molecule has 3 rings (SSSR count). The summed E-state index contributed by atoms with van der Waals surface area (Å²) in [5.74, 6) is -0.387. The Bertz CT molecular complexity index is 619. The quantitative estimate of drug-likeness (QED) is 0.596. The van der Waals surface area contributed by atoms with Crippen molar-refractivity contribution < 1.29 is 9.13 Å². The van der Waals surface area contributed by atoms with Crippen molar-refractivity contribution in [3.8, 4) is 0 Å². The lowest BCUT2D eigenvalue weighted by atomic mass is 9.92. The molecule has 0 saturated carbocycles. The predicted molar refractivity (Wildman–Crippen MR) is 70.0 cm³/mol. The van der Waals surface area contributed by atoms with E-state index >= 15 is 0 Å². The molecular weight excluding hydrogens is 290 g/mol. The number of fused-ring (bicyclic) bond motifs is 1. The van der Waals surface area contributed by atoms with Crippen LogP contribution >= 0.6 is 23.2 Å². The van der Waals surface area contributed by atoms with E-state index in [2.05, 4.69) is 9.97 Å². The molecule has 3 nitrogen and oxygen atoms in total. The summed E-state index contributed by atoms with van der Waals surface area (Å²) in [6.45, 7) is 0.825. The first-order valence-corrected chi connectivity index (χ1v) is 6.46. The summed E-state index contributed by atoms with van der Waals surface area (Å²) < 4.78 is 18.5. The number of rotatable bonds is 1. The van der Waals surface area contributed by atoms with Crippen LogP contribution in [-0.2, 0) is 11.3 Å². The Kier molecular flexibility index (Phi) is 3.39. The van der Waals surface area contributed by atoms with Crippen molar-refractivity contribution in [2.45, 2.75) is 12.5 Å². The zero-order valence-corrected chi connectivity index (χ0v) is 11.2. The van der Waals surface area contributed by atoms with Crippen LogP contribution in [0.1, 0.15) is 22.7 Å². The summed E-state index contributed by atoms with van der Waals surface area (Å²) in [7, 11) is 0. The Balaban J connectivity index is 2.09. The summed E-state index contributed by atoms with van der Waals surface area (Å²) in [4.78, 5) is 8.16. The zero-order chi connectivity index (χ0) is 13.4. The van der Waals surface area contributed by atoms with Gasteiger partial charge in [0.15, 0.2) is 0 Å². The van der Waals surface area contributed by atoms with Crippen molar-refractivity contribution in [1.29, 1.82) is 0 Å². The summed E-state index contributed by atoms with van der Waals surface area (Å²) >= 11 is 11.9. The molecule has 2 aromatic rings.